The molecule has 1 aliphatic rings. The Balaban J connectivity index is 2.13. The fourth-order valence-electron chi connectivity index (χ4n) is 2.84. The molecule has 2 aromatic rings. The molecule has 1 aliphatic carbocycles. The van der Waals surface area contributed by atoms with Crippen molar-refractivity contribution in [1.29, 1.82) is 0 Å². The van der Waals surface area contributed by atoms with Crippen LogP contribution in [0.2, 0.25) is 0 Å². The van der Waals surface area contributed by atoms with E-state index >= 15 is 0 Å². The van der Waals surface area contributed by atoms with Gasteiger partial charge in [0.1, 0.15) is 11.9 Å². The maximum atomic E-state index is 12.1. The zero-order valence-corrected chi connectivity index (χ0v) is 14.0. The van der Waals surface area contributed by atoms with Crippen molar-refractivity contribution in [2.45, 2.75) is 39.9 Å². The molecule has 0 amide bonds. The van der Waals surface area contributed by atoms with Gasteiger partial charge in [-0.2, -0.15) is 0 Å². The summed E-state index contributed by atoms with van der Waals surface area (Å²) in [4.78, 5) is 12.1. The van der Waals surface area contributed by atoms with Gasteiger partial charge in [0.15, 0.2) is 0 Å². The molecule has 0 radical (unpaired) electrons. The SMILES string of the molecule is CC(C)OC1=CC(OC(=O)C(C)C)c2cccc3cccc1c23. The van der Waals surface area contributed by atoms with E-state index in [0.29, 0.717) is 0 Å². The summed E-state index contributed by atoms with van der Waals surface area (Å²) in [6.07, 6.45) is 1.57. The molecule has 120 valence electrons. The lowest BCUT2D eigenvalue weighted by molar-refractivity contribution is -0.150. The fourth-order valence-corrected chi connectivity index (χ4v) is 2.84. The van der Waals surface area contributed by atoms with Crippen LogP contribution in [0.25, 0.3) is 16.5 Å². The monoisotopic (exact) mass is 310 g/mol. The van der Waals surface area contributed by atoms with Crippen molar-refractivity contribution < 1.29 is 14.3 Å². The predicted octanol–water partition coefficient (Wildman–Crippen LogP) is 4.86. The van der Waals surface area contributed by atoms with Gasteiger partial charge in [-0.05, 0) is 24.6 Å². The first-order chi connectivity index (χ1) is 11.0. The first-order valence-corrected chi connectivity index (χ1v) is 8.08. The van der Waals surface area contributed by atoms with E-state index in [2.05, 4.69) is 18.2 Å². The molecule has 3 heteroatoms. The number of benzene rings is 2. The van der Waals surface area contributed by atoms with Crippen molar-refractivity contribution >= 4 is 22.5 Å². The van der Waals surface area contributed by atoms with Crippen molar-refractivity contribution in [2.75, 3.05) is 0 Å². The van der Waals surface area contributed by atoms with Crippen LogP contribution in [0.5, 0.6) is 0 Å². The Labute approximate surface area is 136 Å². The second-order valence-corrected chi connectivity index (χ2v) is 6.46. The van der Waals surface area contributed by atoms with Crippen molar-refractivity contribution in [3.05, 3.63) is 53.6 Å². The van der Waals surface area contributed by atoms with Gasteiger partial charge >= 0.3 is 5.97 Å². The van der Waals surface area contributed by atoms with E-state index in [-0.39, 0.29) is 18.0 Å². The van der Waals surface area contributed by atoms with Crippen LogP contribution in [0.15, 0.2) is 42.5 Å². The molecule has 0 heterocycles. The Kier molecular flexibility index (Phi) is 4.12. The Morgan fingerprint density at radius 1 is 1.04 bits per heavy atom. The molecule has 0 N–H and O–H groups in total. The number of rotatable bonds is 4. The molecular formula is C20H22O3. The molecule has 3 rings (SSSR count). The second kappa shape index (κ2) is 6.07. The van der Waals surface area contributed by atoms with E-state index in [0.717, 1.165) is 27.7 Å². The average molecular weight is 310 g/mol. The van der Waals surface area contributed by atoms with E-state index < -0.39 is 6.10 Å². The summed E-state index contributed by atoms with van der Waals surface area (Å²) in [5.74, 6) is 0.423. The molecule has 0 fully saturated rings. The molecule has 0 spiro atoms. The van der Waals surface area contributed by atoms with Crippen LogP contribution < -0.4 is 0 Å². The van der Waals surface area contributed by atoms with Gasteiger partial charge in [0.05, 0.1) is 12.0 Å². The Bertz CT molecular complexity index is 766. The molecular weight excluding hydrogens is 288 g/mol. The lowest BCUT2D eigenvalue weighted by Crippen LogP contribution is -2.18. The van der Waals surface area contributed by atoms with E-state index in [4.69, 9.17) is 9.47 Å². The molecule has 1 atom stereocenters. The molecule has 1 unspecified atom stereocenters. The first kappa shape index (κ1) is 15.6. The Hall–Kier alpha value is -2.29. The van der Waals surface area contributed by atoms with E-state index in [1.807, 2.05) is 52.0 Å². The fraction of sp³-hybridized carbons (Fsp3) is 0.350. The smallest absolute Gasteiger partial charge is 0.309 e. The summed E-state index contributed by atoms with van der Waals surface area (Å²) in [6.45, 7) is 7.68. The summed E-state index contributed by atoms with van der Waals surface area (Å²) in [5.41, 5.74) is 2.08. The van der Waals surface area contributed by atoms with Crippen LogP contribution in [0.1, 0.15) is 44.9 Å². The van der Waals surface area contributed by atoms with Crippen LogP contribution in [0, 0.1) is 5.92 Å². The minimum atomic E-state index is -0.405. The molecule has 23 heavy (non-hydrogen) atoms. The Morgan fingerprint density at radius 2 is 1.74 bits per heavy atom. The first-order valence-electron chi connectivity index (χ1n) is 8.08. The quantitative estimate of drug-likeness (QED) is 0.757. The highest BCUT2D eigenvalue weighted by atomic mass is 16.5. The van der Waals surface area contributed by atoms with E-state index in [1.54, 1.807) is 0 Å². The minimum Gasteiger partial charge on any atom is -0.491 e. The highest BCUT2D eigenvalue weighted by Gasteiger charge is 2.26. The number of hydrogen-bond donors (Lipinski definition) is 0. The molecule has 0 aliphatic heterocycles. The molecule has 0 bridgehead atoms. The zero-order valence-electron chi connectivity index (χ0n) is 14.0. The van der Waals surface area contributed by atoms with Crippen molar-refractivity contribution in [1.82, 2.24) is 0 Å². The maximum absolute atomic E-state index is 12.1. The van der Waals surface area contributed by atoms with E-state index in [9.17, 15) is 4.79 Å². The summed E-state index contributed by atoms with van der Waals surface area (Å²) in [6, 6.07) is 12.2. The number of carbonyl (C=O) groups is 1. The molecule has 0 aromatic heterocycles. The highest BCUT2D eigenvalue weighted by molar-refractivity contribution is 5.97. The van der Waals surface area contributed by atoms with Gasteiger partial charge in [-0.3, -0.25) is 4.79 Å². The second-order valence-electron chi connectivity index (χ2n) is 6.46. The van der Waals surface area contributed by atoms with Crippen LogP contribution in [0.3, 0.4) is 0 Å². The van der Waals surface area contributed by atoms with Gasteiger partial charge in [0, 0.05) is 17.2 Å². The molecule has 0 saturated heterocycles. The van der Waals surface area contributed by atoms with Crippen molar-refractivity contribution in [2.24, 2.45) is 5.92 Å². The zero-order chi connectivity index (χ0) is 16.6. The third kappa shape index (κ3) is 2.96. The standard InChI is InChI=1S/C20H22O3/c1-12(2)20(21)23-18-11-17(22-13(3)4)15-9-5-7-14-8-6-10-16(18)19(14)15/h5-13,18H,1-4H3. The summed E-state index contributed by atoms with van der Waals surface area (Å²) in [7, 11) is 0. The van der Waals surface area contributed by atoms with Crippen molar-refractivity contribution in [3.63, 3.8) is 0 Å². The van der Waals surface area contributed by atoms with Gasteiger partial charge in [-0.1, -0.05) is 50.2 Å². The van der Waals surface area contributed by atoms with E-state index in [1.165, 1.54) is 0 Å². The molecule has 3 nitrogen and oxygen atoms in total. The van der Waals surface area contributed by atoms with Gasteiger partial charge < -0.3 is 9.47 Å². The lowest BCUT2D eigenvalue weighted by atomic mass is 9.90. The maximum Gasteiger partial charge on any atom is 0.309 e. The number of ether oxygens (including phenoxy) is 2. The number of hydrogen-bond acceptors (Lipinski definition) is 3. The van der Waals surface area contributed by atoms with Crippen LogP contribution in [-0.2, 0) is 14.3 Å². The topological polar surface area (TPSA) is 35.5 Å². The summed E-state index contributed by atoms with van der Waals surface area (Å²) < 4.78 is 11.7. The summed E-state index contributed by atoms with van der Waals surface area (Å²) in [5, 5.41) is 2.23. The normalized spacial score (nSPS) is 16.6. The van der Waals surface area contributed by atoms with Crippen LogP contribution >= 0.6 is 0 Å². The predicted molar refractivity (Wildman–Crippen MR) is 91.8 cm³/mol. The third-order valence-corrected chi connectivity index (χ3v) is 3.89. The molecule has 0 saturated carbocycles. The summed E-state index contributed by atoms with van der Waals surface area (Å²) >= 11 is 0. The Morgan fingerprint density at radius 3 is 2.39 bits per heavy atom. The van der Waals surface area contributed by atoms with Crippen molar-refractivity contribution in [3.8, 4) is 0 Å². The minimum absolute atomic E-state index is 0.0585. The van der Waals surface area contributed by atoms with Crippen LogP contribution in [0.4, 0.5) is 0 Å². The van der Waals surface area contributed by atoms with Gasteiger partial charge in [0.25, 0.3) is 0 Å². The average Bonchev–Trinajstić information content (AvgIpc) is 2.51. The number of esters is 1. The van der Waals surface area contributed by atoms with Gasteiger partial charge in [0.2, 0.25) is 0 Å². The van der Waals surface area contributed by atoms with Crippen LogP contribution in [-0.4, -0.2) is 12.1 Å². The molecule has 2 aromatic carbocycles. The largest absolute Gasteiger partial charge is 0.491 e. The third-order valence-electron chi connectivity index (χ3n) is 3.89. The lowest BCUT2D eigenvalue weighted by Gasteiger charge is -2.26. The van der Waals surface area contributed by atoms with Gasteiger partial charge in [-0.15, -0.1) is 0 Å². The number of carbonyl (C=O) groups excluding carboxylic acids is 1. The highest BCUT2D eigenvalue weighted by Crippen LogP contribution is 2.40. The van der Waals surface area contributed by atoms with Gasteiger partial charge in [-0.25, -0.2) is 0 Å².